The molecule has 0 bridgehead atoms. The Labute approximate surface area is 183 Å². The monoisotopic (exact) mass is 419 g/mol. The second-order valence-electron chi connectivity index (χ2n) is 7.69. The van der Waals surface area contributed by atoms with Crippen molar-refractivity contribution in [1.82, 2.24) is 20.3 Å². The van der Waals surface area contributed by atoms with Gasteiger partial charge in [0, 0.05) is 17.8 Å². The van der Waals surface area contributed by atoms with Crippen molar-refractivity contribution in [1.29, 1.82) is 0 Å². The first-order valence-electron chi connectivity index (χ1n) is 10.2. The minimum absolute atomic E-state index is 0.303. The molecule has 1 aliphatic rings. The molecule has 32 heavy (non-hydrogen) atoms. The minimum atomic E-state index is -0.333. The van der Waals surface area contributed by atoms with Crippen LogP contribution in [0.5, 0.6) is 0 Å². The van der Waals surface area contributed by atoms with Gasteiger partial charge in [0.15, 0.2) is 12.4 Å². The van der Waals surface area contributed by atoms with E-state index >= 15 is 0 Å². The van der Waals surface area contributed by atoms with Crippen molar-refractivity contribution < 1.29 is 9.52 Å². The number of nitrogens with zero attached hydrogens (tertiary/aromatic N) is 3. The Morgan fingerprint density at radius 2 is 1.84 bits per heavy atom. The summed E-state index contributed by atoms with van der Waals surface area (Å²) < 4.78 is 0.625. The highest BCUT2D eigenvalue weighted by atomic mass is 16.5. The molecule has 6 rings (SSSR count). The number of benzene rings is 2. The molecule has 154 valence electrons. The summed E-state index contributed by atoms with van der Waals surface area (Å²) >= 11 is 0. The van der Waals surface area contributed by atoms with Crippen LogP contribution in [0.1, 0.15) is 27.5 Å². The van der Waals surface area contributed by atoms with E-state index in [-0.39, 0.29) is 11.9 Å². The number of H-pyrrole nitrogens is 1. The second kappa shape index (κ2) is 7.02. The molecular weight excluding hydrogens is 402 g/mol. The van der Waals surface area contributed by atoms with Crippen molar-refractivity contribution in [3.63, 3.8) is 0 Å². The van der Waals surface area contributed by atoms with Gasteiger partial charge in [0.2, 0.25) is 0 Å². The molecule has 0 fully saturated rings. The van der Waals surface area contributed by atoms with E-state index in [9.17, 15) is 10.0 Å². The molecular formula is C25H17N5O2. The Kier molecular flexibility index (Phi) is 4.01. The van der Waals surface area contributed by atoms with Gasteiger partial charge in [-0.3, -0.25) is 9.78 Å². The van der Waals surface area contributed by atoms with Crippen LogP contribution in [0.2, 0.25) is 0 Å². The zero-order valence-electron chi connectivity index (χ0n) is 16.8. The molecule has 1 unspecified atom stereocenters. The minimum Gasteiger partial charge on any atom is -0.619 e. The first-order valence-corrected chi connectivity index (χ1v) is 10.2. The number of rotatable bonds is 3. The average Bonchev–Trinajstić information content (AvgIpc) is 3.39. The Morgan fingerprint density at radius 1 is 1.00 bits per heavy atom. The molecule has 1 amide bonds. The zero-order chi connectivity index (χ0) is 21.7. The lowest BCUT2D eigenvalue weighted by molar-refractivity contribution is -0.605. The number of carbonyl (C=O) groups is 1. The van der Waals surface area contributed by atoms with E-state index in [4.69, 9.17) is 4.98 Å². The number of nitrogens with one attached hydrogen (secondary N) is 2. The van der Waals surface area contributed by atoms with Gasteiger partial charge in [0.05, 0.1) is 23.3 Å². The normalized spacial score (nSPS) is 14.2. The van der Waals surface area contributed by atoms with Gasteiger partial charge in [0.25, 0.3) is 5.91 Å². The third kappa shape index (κ3) is 2.83. The Hall–Kier alpha value is -4.52. The lowest BCUT2D eigenvalue weighted by Crippen LogP contribution is -2.32. The maximum Gasteiger partial charge on any atom is 0.258 e. The number of hydrogen-bond acceptors (Lipinski definition) is 4. The maximum absolute atomic E-state index is 13.0. The molecule has 0 saturated heterocycles. The summed E-state index contributed by atoms with van der Waals surface area (Å²) in [4.78, 5) is 25.2. The second-order valence-corrected chi connectivity index (χ2v) is 7.69. The topological polar surface area (TPSA) is 97.6 Å². The quantitative estimate of drug-likeness (QED) is 0.344. The van der Waals surface area contributed by atoms with Gasteiger partial charge < -0.3 is 15.5 Å². The summed E-state index contributed by atoms with van der Waals surface area (Å²) in [6, 6.07) is 18.8. The average molecular weight is 419 g/mol. The van der Waals surface area contributed by atoms with E-state index < -0.39 is 0 Å². The lowest BCUT2D eigenvalue weighted by Gasteiger charge is -2.16. The molecule has 0 saturated carbocycles. The summed E-state index contributed by atoms with van der Waals surface area (Å²) in [7, 11) is 0. The highest BCUT2D eigenvalue weighted by Gasteiger charge is 2.32. The smallest absolute Gasteiger partial charge is 0.258 e. The summed E-state index contributed by atoms with van der Waals surface area (Å²) in [5, 5.41) is 14.7. The Balaban J connectivity index is 1.48. The van der Waals surface area contributed by atoms with E-state index in [0.717, 1.165) is 44.7 Å². The number of fused-ring (bicyclic) bond motifs is 4. The standard InChI is InChI=1S/C25H17N5O2/c31-25(15-5-4-12-30(32)14-15)29-23-17-7-2-1-6-16(17)22-18(23)8-3-9-19(22)24-27-20-10-11-26-13-21(20)28-24/h1-14,23H,(H,27,28)(H,29,31). The third-order valence-electron chi connectivity index (χ3n) is 5.80. The zero-order valence-corrected chi connectivity index (χ0v) is 16.8. The molecule has 3 aromatic heterocycles. The van der Waals surface area contributed by atoms with Gasteiger partial charge in [-0.2, -0.15) is 4.73 Å². The maximum atomic E-state index is 13.0. The van der Waals surface area contributed by atoms with E-state index in [2.05, 4.69) is 21.4 Å². The molecule has 3 heterocycles. The molecule has 7 heteroatoms. The van der Waals surface area contributed by atoms with Crippen LogP contribution >= 0.6 is 0 Å². The molecule has 5 aromatic rings. The van der Waals surface area contributed by atoms with Crippen molar-refractivity contribution in [2.75, 3.05) is 0 Å². The fraction of sp³-hybridized carbons (Fsp3) is 0.0400. The van der Waals surface area contributed by atoms with Crippen molar-refractivity contribution in [2.45, 2.75) is 6.04 Å². The Bertz CT molecular complexity index is 1470. The third-order valence-corrected chi connectivity index (χ3v) is 5.80. The highest BCUT2D eigenvalue weighted by Crippen LogP contribution is 2.47. The van der Waals surface area contributed by atoms with Gasteiger partial charge in [-0.15, -0.1) is 0 Å². The van der Waals surface area contributed by atoms with Gasteiger partial charge in [-0.25, -0.2) is 4.98 Å². The van der Waals surface area contributed by atoms with Crippen LogP contribution in [0.15, 0.2) is 85.5 Å². The molecule has 0 spiro atoms. The highest BCUT2D eigenvalue weighted by molar-refractivity contribution is 5.97. The van der Waals surface area contributed by atoms with Crippen LogP contribution < -0.4 is 10.0 Å². The Morgan fingerprint density at radius 3 is 2.72 bits per heavy atom. The largest absolute Gasteiger partial charge is 0.619 e. The van der Waals surface area contributed by atoms with Crippen LogP contribution in [0.3, 0.4) is 0 Å². The number of carbonyl (C=O) groups excluding carboxylic acids is 1. The summed E-state index contributed by atoms with van der Waals surface area (Å²) in [6.45, 7) is 0. The number of pyridine rings is 2. The summed E-state index contributed by atoms with van der Waals surface area (Å²) in [6.07, 6.45) is 6.11. The van der Waals surface area contributed by atoms with Crippen molar-refractivity contribution in [3.05, 3.63) is 107 Å². The number of aromatic nitrogens is 4. The lowest BCUT2D eigenvalue weighted by atomic mass is 9.98. The fourth-order valence-electron chi connectivity index (χ4n) is 4.40. The molecule has 7 nitrogen and oxygen atoms in total. The van der Waals surface area contributed by atoms with E-state index in [1.54, 1.807) is 24.5 Å². The summed E-state index contributed by atoms with van der Waals surface area (Å²) in [5.74, 6) is 0.449. The fourth-order valence-corrected chi connectivity index (χ4v) is 4.40. The van der Waals surface area contributed by atoms with Crippen LogP contribution in [0, 0.1) is 5.21 Å². The van der Waals surface area contributed by atoms with Gasteiger partial charge in [-0.05, 0) is 34.4 Å². The van der Waals surface area contributed by atoms with Crippen molar-refractivity contribution in [3.8, 4) is 22.5 Å². The first kappa shape index (κ1) is 18.3. The van der Waals surface area contributed by atoms with E-state index in [1.807, 2.05) is 42.5 Å². The number of hydrogen-bond donors (Lipinski definition) is 2. The molecule has 1 atom stereocenters. The summed E-state index contributed by atoms with van der Waals surface area (Å²) in [5.41, 5.74) is 7.06. The van der Waals surface area contributed by atoms with E-state index in [0.29, 0.717) is 10.3 Å². The molecule has 0 aliphatic heterocycles. The molecule has 2 aromatic carbocycles. The van der Waals surface area contributed by atoms with Crippen molar-refractivity contribution >= 4 is 16.9 Å². The molecule has 2 N–H and O–H groups in total. The van der Waals surface area contributed by atoms with Gasteiger partial charge >= 0.3 is 0 Å². The van der Waals surface area contributed by atoms with Crippen LogP contribution in [0.4, 0.5) is 0 Å². The number of amides is 1. The first-order chi connectivity index (χ1) is 15.7. The predicted octanol–water partition coefficient (Wildman–Crippen LogP) is 3.76. The van der Waals surface area contributed by atoms with Gasteiger partial charge in [0.1, 0.15) is 11.4 Å². The number of imidazole rings is 1. The van der Waals surface area contributed by atoms with Crippen LogP contribution in [-0.2, 0) is 0 Å². The van der Waals surface area contributed by atoms with Crippen molar-refractivity contribution in [2.24, 2.45) is 0 Å². The number of aromatic amines is 1. The predicted molar refractivity (Wildman–Crippen MR) is 119 cm³/mol. The SMILES string of the molecule is O=C(NC1c2ccccc2-c2c(-c3nc4ccncc4[nH]3)cccc21)c1ccc[n+]([O-])c1. The van der Waals surface area contributed by atoms with Gasteiger partial charge in [-0.1, -0.05) is 42.5 Å². The molecule has 1 aliphatic carbocycles. The van der Waals surface area contributed by atoms with Crippen LogP contribution in [0.25, 0.3) is 33.5 Å². The van der Waals surface area contributed by atoms with E-state index in [1.165, 1.54) is 12.4 Å². The van der Waals surface area contributed by atoms with Crippen LogP contribution in [-0.4, -0.2) is 20.9 Å². The molecule has 0 radical (unpaired) electrons.